The highest BCUT2D eigenvalue weighted by atomic mass is 32.2. The number of aryl methyl sites for hydroxylation is 2. The summed E-state index contributed by atoms with van der Waals surface area (Å²) >= 11 is 0.978. The molecule has 0 N–H and O–H groups in total. The molecule has 2 fully saturated rings. The molecule has 1 atom stereocenters. The van der Waals surface area contributed by atoms with E-state index in [0.29, 0.717) is 13.0 Å². The van der Waals surface area contributed by atoms with Gasteiger partial charge in [-0.05, 0) is 43.5 Å². The van der Waals surface area contributed by atoms with Gasteiger partial charge in [0.15, 0.2) is 0 Å². The van der Waals surface area contributed by atoms with E-state index in [1.165, 1.54) is 9.21 Å². The van der Waals surface area contributed by atoms with E-state index in [0.717, 1.165) is 22.9 Å². The first kappa shape index (κ1) is 16.5. The molecular formula is C15H18N2O4S2. The second kappa shape index (κ2) is 5.92. The van der Waals surface area contributed by atoms with Gasteiger partial charge in [-0.3, -0.25) is 14.5 Å². The van der Waals surface area contributed by atoms with E-state index < -0.39 is 10.0 Å². The van der Waals surface area contributed by atoms with E-state index in [1.807, 2.05) is 13.8 Å². The van der Waals surface area contributed by atoms with Gasteiger partial charge in [0.25, 0.3) is 5.24 Å². The Morgan fingerprint density at radius 2 is 1.91 bits per heavy atom. The van der Waals surface area contributed by atoms with Crippen molar-refractivity contribution in [3.8, 4) is 0 Å². The van der Waals surface area contributed by atoms with Crippen LogP contribution in [0.25, 0.3) is 0 Å². The van der Waals surface area contributed by atoms with Crippen LogP contribution in [0.4, 0.5) is 4.79 Å². The van der Waals surface area contributed by atoms with Crippen molar-refractivity contribution < 1.29 is 18.0 Å². The van der Waals surface area contributed by atoms with Crippen molar-refractivity contribution in [2.75, 3.05) is 18.8 Å². The molecule has 2 amide bonds. The molecule has 1 unspecified atom stereocenters. The van der Waals surface area contributed by atoms with Crippen LogP contribution in [0.5, 0.6) is 0 Å². The number of rotatable bonds is 3. The molecule has 2 heterocycles. The van der Waals surface area contributed by atoms with E-state index in [1.54, 1.807) is 18.2 Å². The van der Waals surface area contributed by atoms with Crippen molar-refractivity contribution in [1.82, 2.24) is 9.21 Å². The molecule has 1 aromatic carbocycles. The van der Waals surface area contributed by atoms with Crippen LogP contribution in [0.15, 0.2) is 23.1 Å². The van der Waals surface area contributed by atoms with Gasteiger partial charge in [0.05, 0.1) is 16.7 Å². The van der Waals surface area contributed by atoms with E-state index in [2.05, 4.69) is 0 Å². The van der Waals surface area contributed by atoms with Crippen molar-refractivity contribution in [2.45, 2.75) is 31.2 Å². The highest BCUT2D eigenvalue weighted by Gasteiger charge is 2.42. The molecule has 6 nitrogen and oxygen atoms in total. The number of imide groups is 1. The lowest BCUT2D eigenvalue weighted by molar-refractivity contribution is -0.126. The fourth-order valence-electron chi connectivity index (χ4n) is 2.88. The second-order valence-corrected chi connectivity index (χ2v) is 8.73. The summed E-state index contributed by atoms with van der Waals surface area (Å²) in [4.78, 5) is 25.1. The van der Waals surface area contributed by atoms with Gasteiger partial charge in [0.2, 0.25) is 15.9 Å². The number of carbonyl (C=O) groups is 2. The highest BCUT2D eigenvalue weighted by Crippen LogP contribution is 2.29. The molecule has 0 aliphatic carbocycles. The maximum absolute atomic E-state index is 12.8. The average Bonchev–Trinajstić information content (AvgIpc) is 3.09. The summed E-state index contributed by atoms with van der Waals surface area (Å²) in [5.74, 6) is -0.0744. The van der Waals surface area contributed by atoms with Gasteiger partial charge < -0.3 is 0 Å². The average molecular weight is 354 g/mol. The lowest BCUT2D eigenvalue weighted by Crippen LogP contribution is -2.41. The van der Waals surface area contributed by atoms with Gasteiger partial charge in [0, 0.05) is 13.1 Å². The van der Waals surface area contributed by atoms with Gasteiger partial charge in [-0.2, -0.15) is 4.31 Å². The molecule has 0 bridgehead atoms. The fraction of sp³-hybridized carbons (Fsp3) is 0.467. The smallest absolute Gasteiger partial charge is 0.273 e. The fourth-order valence-corrected chi connectivity index (χ4v) is 5.23. The third-order valence-corrected chi connectivity index (χ3v) is 7.09. The SMILES string of the molecule is Cc1ccc(S(=O)(=O)N2CCC(N3C(=O)CSC3=O)C2)cc1C. The second-order valence-electron chi connectivity index (χ2n) is 5.87. The molecule has 0 aromatic heterocycles. The Hall–Kier alpha value is -1.38. The van der Waals surface area contributed by atoms with Crippen molar-refractivity contribution in [3.05, 3.63) is 29.3 Å². The number of benzene rings is 1. The molecule has 0 radical (unpaired) electrons. The zero-order valence-corrected chi connectivity index (χ0v) is 14.6. The van der Waals surface area contributed by atoms with Crippen LogP contribution in [0.3, 0.4) is 0 Å². The monoisotopic (exact) mass is 354 g/mol. The van der Waals surface area contributed by atoms with Crippen LogP contribution < -0.4 is 0 Å². The number of hydrogen-bond donors (Lipinski definition) is 0. The van der Waals surface area contributed by atoms with Crippen molar-refractivity contribution >= 4 is 32.9 Å². The molecular weight excluding hydrogens is 336 g/mol. The molecule has 2 saturated heterocycles. The number of carbonyl (C=O) groups excluding carboxylic acids is 2. The van der Waals surface area contributed by atoms with Gasteiger partial charge >= 0.3 is 0 Å². The zero-order valence-electron chi connectivity index (χ0n) is 13.0. The summed E-state index contributed by atoms with van der Waals surface area (Å²) in [5.41, 5.74) is 1.96. The number of thioether (sulfide) groups is 1. The van der Waals surface area contributed by atoms with Crippen LogP contribution in [0.1, 0.15) is 17.5 Å². The first-order valence-corrected chi connectivity index (χ1v) is 9.79. The third kappa shape index (κ3) is 2.90. The molecule has 0 spiro atoms. The molecule has 3 rings (SSSR count). The minimum Gasteiger partial charge on any atom is -0.273 e. The van der Waals surface area contributed by atoms with Crippen molar-refractivity contribution in [1.29, 1.82) is 0 Å². The first-order valence-electron chi connectivity index (χ1n) is 7.37. The van der Waals surface area contributed by atoms with Crippen molar-refractivity contribution in [2.24, 2.45) is 0 Å². The predicted molar refractivity (Wildman–Crippen MR) is 87.8 cm³/mol. The van der Waals surface area contributed by atoms with Gasteiger partial charge in [-0.15, -0.1) is 0 Å². The van der Waals surface area contributed by atoms with Crippen LogP contribution >= 0.6 is 11.8 Å². The number of sulfonamides is 1. The lowest BCUT2D eigenvalue weighted by atomic mass is 10.1. The minimum atomic E-state index is -3.60. The third-order valence-electron chi connectivity index (χ3n) is 4.39. The summed E-state index contributed by atoms with van der Waals surface area (Å²) in [6, 6.07) is 4.71. The molecule has 2 aliphatic rings. The van der Waals surface area contributed by atoms with Crippen LogP contribution in [0, 0.1) is 13.8 Å². The summed E-state index contributed by atoms with van der Waals surface area (Å²) in [5, 5.41) is -0.273. The standard InChI is InChI=1S/C15H18N2O4S2/c1-10-3-4-13(7-11(10)2)23(20,21)16-6-5-12(8-16)17-14(18)9-22-15(17)19/h3-4,7,12H,5-6,8-9H2,1-2H3. The molecule has 2 aliphatic heterocycles. The molecule has 1 aromatic rings. The summed E-state index contributed by atoms with van der Waals surface area (Å²) in [6.07, 6.45) is 0.488. The maximum Gasteiger partial charge on any atom is 0.289 e. The normalized spacial score (nSPS) is 23.0. The summed E-state index contributed by atoms with van der Waals surface area (Å²) in [7, 11) is -3.60. The predicted octanol–water partition coefficient (Wildman–Crippen LogP) is 1.76. The Bertz CT molecular complexity index is 760. The highest BCUT2D eigenvalue weighted by molar-refractivity contribution is 8.14. The quantitative estimate of drug-likeness (QED) is 0.827. The van der Waals surface area contributed by atoms with Gasteiger partial charge in [-0.1, -0.05) is 17.8 Å². The Labute approximate surface area is 139 Å². The number of nitrogens with zero attached hydrogens (tertiary/aromatic N) is 2. The van der Waals surface area contributed by atoms with E-state index >= 15 is 0 Å². The minimum absolute atomic E-state index is 0.152. The van der Waals surface area contributed by atoms with E-state index in [-0.39, 0.29) is 34.4 Å². The number of amides is 2. The maximum atomic E-state index is 12.8. The lowest BCUT2D eigenvalue weighted by Gasteiger charge is -2.22. The topological polar surface area (TPSA) is 74.8 Å². The summed E-state index contributed by atoms with van der Waals surface area (Å²) < 4.78 is 26.9. The van der Waals surface area contributed by atoms with Crippen LogP contribution in [-0.4, -0.2) is 53.7 Å². The molecule has 8 heteroatoms. The van der Waals surface area contributed by atoms with E-state index in [9.17, 15) is 18.0 Å². The Morgan fingerprint density at radius 1 is 1.17 bits per heavy atom. The number of hydrogen-bond acceptors (Lipinski definition) is 5. The van der Waals surface area contributed by atoms with E-state index in [4.69, 9.17) is 0 Å². The van der Waals surface area contributed by atoms with Crippen molar-refractivity contribution in [3.63, 3.8) is 0 Å². The largest absolute Gasteiger partial charge is 0.289 e. The van der Waals surface area contributed by atoms with Gasteiger partial charge in [0.1, 0.15) is 0 Å². The molecule has 0 saturated carbocycles. The molecule has 23 heavy (non-hydrogen) atoms. The first-order chi connectivity index (χ1) is 10.8. The van der Waals surface area contributed by atoms with Gasteiger partial charge in [-0.25, -0.2) is 8.42 Å². The van der Waals surface area contributed by atoms with Crippen LogP contribution in [-0.2, 0) is 14.8 Å². The Balaban J connectivity index is 1.81. The molecule has 124 valence electrons. The summed E-state index contributed by atoms with van der Waals surface area (Å²) in [6.45, 7) is 4.30. The van der Waals surface area contributed by atoms with Crippen LogP contribution in [0.2, 0.25) is 0 Å². The zero-order chi connectivity index (χ0) is 16.8. The Morgan fingerprint density at radius 3 is 2.52 bits per heavy atom. The Kier molecular flexibility index (Phi) is 4.24.